The molecule has 0 bridgehead atoms. The van der Waals surface area contributed by atoms with Crippen LogP contribution in [0.3, 0.4) is 0 Å². The molecule has 0 radical (unpaired) electrons. The molecule has 5 nitrogen and oxygen atoms in total. The van der Waals surface area contributed by atoms with Crippen LogP contribution in [0.15, 0.2) is 24.3 Å². The van der Waals surface area contributed by atoms with E-state index in [1.807, 2.05) is 13.8 Å². The molecule has 0 heterocycles. The summed E-state index contributed by atoms with van der Waals surface area (Å²) >= 11 is 5.95. The molecule has 1 aromatic carbocycles. The predicted octanol–water partition coefficient (Wildman–Crippen LogP) is 2.32. The van der Waals surface area contributed by atoms with Gasteiger partial charge in [-0.1, -0.05) is 37.6 Å². The SMILES string of the molecule is CC(C)CN(CC(=O)O)CC(=O)Nc1ccccc1Cl. The van der Waals surface area contributed by atoms with Crippen molar-refractivity contribution < 1.29 is 14.7 Å². The Morgan fingerprint density at radius 2 is 1.95 bits per heavy atom. The van der Waals surface area contributed by atoms with E-state index in [9.17, 15) is 9.59 Å². The topological polar surface area (TPSA) is 69.6 Å². The fraction of sp³-hybridized carbons (Fsp3) is 0.429. The number of carboxylic acids is 1. The maximum atomic E-state index is 11.9. The van der Waals surface area contributed by atoms with Crippen molar-refractivity contribution in [3.8, 4) is 0 Å². The first-order valence-electron chi connectivity index (χ1n) is 6.37. The molecule has 1 rings (SSSR count). The van der Waals surface area contributed by atoms with E-state index in [1.54, 1.807) is 29.2 Å². The highest BCUT2D eigenvalue weighted by molar-refractivity contribution is 6.33. The van der Waals surface area contributed by atoms with E-state index in [-0.39, 0.29) is 24.9 Å². The zero-order valence-corrected chi connectivity index (χ0v) is 12.4. The molecule has 0 saturated heterocycles. The zero-order chi connectivity index (χ0) is 15.1. The van der Waals surface area contributed by atoms with Crippen molar-refractivity contribution in [2.75, 3.05) is 25.0 Å². The first-order valence-corrected chi connectivity index (χ1v) is 6.74. The molecule has 6 heteroatoms. The van der Waals surface area contributed by atoms with E-state index in [2.05, 4.69) is 5.32 Å². The van der Waals surface area contributed by atoms with Gasteiger partial charge in [-0.05, 0) is 18.1 Å². The van der Waals surface area contributed by atoms with Gasteiger partial charge in [-0.3, -0.25) is 14.5 Å². The van der Waals surface area contributed by atoms with Crippen LogP contribution in [0.25, 0.3) is 0 Å². The Hall–Kier alpha value is -1.59. The molecule has 0 unspecified atom stereocenters. The number of nitrogens with one attached hydrogen (secondary N) is 1. The lowest BCUT2D eigenvalue weighted by Crippen LogP contribution is -2.39. The van der Waals surface area contributed by atoms with Crippen LogP contribution in [0, 0.1) is 5.92 Å². The number of hydrogen-bond acceptors (Lipinski definition) is 3. The molecule has 0 fully saturated rings. The van der Waals surface area contributed by atoms with Gasteiger partial charge >= 0.3 is 5.97 Å². The molecule has 110 valence electrons. The minimum absolute atomic E-state index is 0.0235. The number of carbonyl (C=O) groups is 2. The number of carbonyl (C=O) groups excluding carboxylic acids is 1. The number of benzene rings is 1. The third-order valence-electron chi connectivity index (χ3n) is 2.50. The lowest BCUT2D eigenvalue weighted by Gasteiger charge is -2.21. The summed E-state index contributed by atoms with van der Waals surface area (Å²) in [5, 5.41) is 12.0. The molecular formula is C14H19ClN2O3. The number of hydrogen-bond donors (Lipinski definition) is 2. The molecule has 20 heavy (non-hydrogen) atoms. The Bertz CT molecular complexity index is 477. The van der Waals surface area contributed by atoms with Gasteiger partial charge < -0.3 is 10.4 Å². The predicted molar refractivity (Wildman–Crippen MR) is 79.0 cm³/mol. The molecule has 0 aliphatic carbocycles. The van der Waals surface area contributed by atoms with Gasteiger partial charge in [0.05, 0.1) is 23.8 Å². The summed E-state index contributed by atoms with van der Waals surface area (Å²) in [6.07, 6.45) is 0. The Labute approximate surface area is 123 Å². The van der Waals surface area contributed by atoms with Gasteiger partial charge in [0, 0.05) is 6.54 Å². The number of carboxylic acid groups (broad SMARTS) is 1. The summed E-state index contributed by atoms with van der Waals surface area (Å²) in [4.78, 5) is 24.3. The second-order valence-corrected chi connectivity index (χ2v) is 5.39. The minimum atomic E-state index is -0.948. The molecule has 1 aromatic rings. The maximum absolute atomic E-state index is 11.9. The van der Waals surface area contributed by atoms with Gasteiger partial charge in [0.25, 0.3) is 0 Å². The third kappa shape index (κ3) is 6.04. The van der Waals surface area contributed by atoms with E-state index in [4.69, 9.17) is 16.7 Å². The summed E-state index contributed by atoms with van der Waals surface area (Å²) < 4.78 is 0. The Balaban J connectivity index is 2.61. The van der Waals surface area contributed by atoms with Crippen molar-refractivity contribution in [2.24, 2.45) is 5.92 Å². The molecular weight excluding hydrogens is 280 g/mol. The average Bonchev–Trinajstić information content (AvgIpc) is 2.30. The maximum Gasteiger partial charge on any atom is 0.317 e. The Morgan fingerprint density at radius 1 is 1.30 bits per heavy atom. The van der Waals surface area contributed by atoms with E-state index >= 15 is 0 Å². The lowest BCUT2D eigenvalue weighted by atomic mass is 10.2. The first-order chi connectivity index (χ1) is 9.38. The fourth-order valence-corrected chi connectivity index (χ4v) is 2.03. The fourth-order valence-electron chi connectivity index (χ4n) is 1.85. The molecule has 0 spiro atoms. The van der Waals surface area contributed by atoms with Gasteiger partial charge in [0.2, 0.25) is 5.91 Å². The highest BCUT2D eigenvalue weighted by Gasteiger charge is 2.15. The van der Waals surface area contributed by atoms with E-state index < -0.39 is 5.97 Å². The lowest BCUT2D eigenvalue weighted by molar-refractivity contribution is -0.138. The quantitative estimate of drug-likeness (QED) is 0.810. The number of aliphatic carboxylic acids is 1. The molecule has 1 amide bonds. The van der Waals surface area contributed by atoms with Gasteiger partial charge in [-0.2, -0.15) is 0 Å². The van der Waals surface area contributed by atoms with E-state index in [0.29, 0.717) is 17.3 Å². The summed E-state index contributed by atoms with van der Waals surface area (Å²) in [6, 6.07) is 6.92. The Morgan fingerprint density at radius 3 is 2.50 bits per heavy atom. The molecule has 0 aliphatic heterocycles. The van der Waals surface area contributed by atoms with Crippen LogP contribution in [0.2, 0.25) is 5.02 Å². The summed E-state index contributed by atoms with van der Waals surface area (Å²) in [5.41, 5.74) is 0.527. The van der Waals surface area contributed by atoms with Gasteiger partial charge in [-0.25, -0.2) is 0 Å². The van der Waals surface area contributed by atoms with Crippen LogP contribution in [-0.2, 0) is 9.59 Å². The van der Waals surface area contributed by atoms with E-state index in [1.165, 1.54) is 0 Å². The Kier molecular flexibility index (Phi) is 6.48. The van der Waals surface area contributed by atoms with Crippen molar-refractivity contribution in [3.63, 3.8) is 0 Å². The minimum Gasteiger partial charge on any atom is -0.480 e. The van der Waals surface area contributed by atoms with Crippen LogP contribution < -0.4 is 5.32 Å². The molecule has 0 atom stereocenters. The molecule has 0 aromatic heterocycles. The second kappa shape index (κ2) is 7.87. The summed E-state index contributed by atoms with van der Waals surface area (Å²) in [6.45, 7) is 4.35. The number of rotatable bonds is 7. The van der Waals surface area contributed by atoms with Crippen LogP contribution in [0.4, 0.5) is 5.69 Å². The number of halogens is 1. The van der Waals surface area contributed by atoms with Crippen molar-refractivity contribution >= 4 is 29.2 Å². The molecule has 0 saturated carbocycles. The average molecular weight is 299 g/mol. The van der Waals surface area contributed by atoms with Gasteiger partial charge in [0.1, 0.15) is 0 Å². The largest absolute Gasteiger partial charge is 0.480 e. The highest BCUT2D eigenvalue weighted by Crippen LogP contribution is 2.20. The smallest absolute Gasteiger partial charge is 0.317 e. The standard InChI is InChI=1S/C14H19ClN2O3/c1-10(2)7-17(9-14(19)20)8-13(18)16-12-6-4-3-5-11(12)15/h3-6,10H,7-9H2,1-2H3,(H,16,18)(H,19,20). The van der Waals surface area contributed by atoms with Crippen LogP contribution >= 0.6 is 11.6 Å². The van der Waals surface area contributed by atoms with Crippen LogP contribution in [0.5, 0.6) is 0 Å². The van der Waals surface area contributed by atoms with Gasteiger partial charge in [0.15, 0.2) is 0 Å². The van der Waals surface area contributed by atoms with Crippen LogP contribution in [-0.4, -0.2) is 41.5 Å². The number of amides is 1. The third-order valence-corrected chi connectivity index (χ3v) is 2.83. The second-order valence-electron chi connectivity index (χ2n) is 4.99. The molecule has 2 N–H and O–H groups in total. The normalized spacial score (nSPS) is 10.8. The van der Waals surface area contributed by atoms with Gasteiger partial charge in [-0.15, -0.1) is 0 Å². The van der Waals surface area contributed by atoms with E-state index in [0.717, 1.165) is 0 Å². The number of para-hydroxylation sites is 1. The van der Waals surface area contributed by atoms with Crippen LogP contribution in [0.1, 0.15) is 13.8 Å². The number of anilines is 1. The van der Waals surface area contributed by atoms with Crippen molar-refractivity contribution in [3.05, 3.63) is 29.3 Å². The molecule has 0 aliphatic rings. The highest BCUT2D eigenvalue weighted by atomic mass is 35.5. The monoisotopic (exact) mass is 298 g/mol. The zero-order valence-electron chi connectivity index (χ0n) is 11.6. The summed E-state index contributed by atoms with van der Waals surface area (Å²) in [7, 11) is 0. The van der Waals surface area contributed by atoms with Crippen molar-refractivity contribution in [1.82, 2.24) is 4.90 Å². The first kappa shape index (κ1) is 16.5. The van der Waals surface area contributed by atoms with Crippen molar-refractivity contribution in [1.29, 1.82) is 0 Å². The summed E-state index contributed by atoms with van der Waals surface area (Å²) in [5.74, 6) is -0.946. The number of nitrogens with zero attached hydrogens (tertiary/aromatic N) is 1. The van der Waals surface area contributed by atoms with Crippen molar-refractivity contribution in [2.45, 2.75) is 13.8 Å².